The molecule has 0 aliphatic heterocycles. The van der Waals surface area contributed by atoms with Gasteiger partial charge in [0.15, 0.2) is 0 Å². The van der Waals surface area contributed by atoms with E-state index in [1.165, 1.54) is 77.5 Å². The van der Waals surface area contributed by atoms with Gasteiger partial charge in [0.2, 0.25) is 0 Å². The van der Waals surface area contributed by atoms with E-state index in [1.54, 1.807) is 0 Å². The molecule has 0 radical (unpaired) electrons. The van der Waals surface area contributed by atoms with Crippen LogP contribution in [0.2, 0.25) is 0 Å². The summed E-state index contributed by atoms with van der Waals surface area (Å²) in [6.45, 7) is 11.4. The van der Waals surface area contributed by atoms with Crippen LogP contribution in [0.1, 0.15) is 66.8 Å². The molecule has 25 heavy (non-hydrogen) atoms. The van der Waals surface area contributed by atoms with Crippen molar-refractivity contribution in [2.45, 2.75) is 73.1 Å². The van der Waals surface area contributed by atoms with E-state index in [9.17, 15) is 0 Å². The summed E-state index contributed by atoms with van der Waals surface area (Å²) in [5.74, 6) is 1.92. The van der Waals surface area contributed by atoms with Crippen LogP contribution in [0.4, 0.5) is 0 Å². The normalized spacial score (nSPS) is 20.7. The molecule has 0 heteroatoms. The van der Waals surface area contributed by atoms with Gasteiger partial charge in [0.05, 0.1) is 0 Å². The van der Waals surface area contributed by atoms with Gasteiger partial charge in [0.25, 0.3) is 0 Å². The molecule has 0 N–H and O–H groups in total. The maximum absolute atomic E-state index is 2.41. The summed E-state index contributed by atoms with van der Waals surface area (Å²) >= 11 is 0. The van der Waals surface area contributed by atoms with E-state index in [4.69, 9.17) is 0 Å². The van der Waals surface area contributed by atoms with Crippen molar-refractivity contribution >= 4 is 0 Å². The zero-order valence-corrected chi connectivity index (χ0v) is 16.8. The monoisotopic (exact) mass is 334 g/mol. The first-order valence-corrected chi connectivity index (χ1v) is 10.1. The molecule has 1 saturated carbocycles. The van der Waals surface area contributed by atoms with Gasteiger partial charge in [-0.05, 0) is 91.3 Å². The van der Waals surface area contributed by atoms with Gasteiger partial charge in [-0.3, -0.25) is 0 Å². The summed E-state index contributed by atoms with van der Waals surface area (Å²) in [7, 11) is 0. The van der Waals surface area contributed by atoms with Crippen LogP contribution >= 0.6 is 0 Å². The van der Waals surface area contributed by atoms with E-state index in [2.05, 4.69) is 65.0 Å². The fraction of sp³-hybridized carbons (Fsp3) is 0.520. The van der Waals surface area contributed by atoms with Crippen molar-refractivity contribution in [3.8, 4) is 11.1 Å². The molecule has 0 bridgehead atoms. The largest absolute Gasteiger partial charge is 0.0625 e. The second kappa shape index (κ2) is 7.77. The van der Waals surface area contributed by atoms with Crippen molar-refractivity contribution < 1.29 is 0 Å². The minimum absolute atomic E-state index is 0.959. The molecule has 0 aromatic heterocycles. The summed E-state index contributed by atoms with van der Waals surface area (Å²) in [6, 6.07) is 11.7. The number of hydrogen-bond acceptors (Lipinski definition) is 0. The van der Waals surface area contributed by atoms with Crippen LogP contribution in [-0.2, 0) is 6.42 Å². The zero-order valence-electron chi connectivity index (χ0n) is 16.8. The molecule has 0 heterocycles. The fourth-order valence-corrected chi connectivity index (χ4v) is 4.35. The maximum Gasteiger partial charge on any atom is -0.0149 e. The standard InChI is InChI=1S/C25H34/c1-17-6-8-22(9-7-17)10-11-23-12-14-24(15-13-23)25-16-18(2)19(3)20(4)21(25)5/h12-17,22H,6-11H2,1-5H3. The van der Waals surface area contributed by atoms with Crippen molar-refractivity contribution in [1.82, 2.24) is 0 Å². The molecule has 0 saturated heterocycles. The lowest BCUT2D eigenvalue weighted by atomic mass is 9.80. The van der Waals surface area contributed by atoms with Gasteiger partial charge in [-0.1, -0.05) is 62.9 Å². The number of benzene rings is 2. The van der Waals surface area contributed by atoms with Gasteiger partial charge >= 0.3 is 0 Å². The molecular formula is C25H34. The third-order valence-corrected chi connectivity index (χ3v) is 6.72. The molecule has 0 nitrogen and oxygen atoms in total. The van der Waals surface area contributed by atoms with Crippen LogP contribution in [0.3, 0.4) is 0 Å². The van der Waals surface area contributed by atoms with Gasteiger partial charge in [-0.2, -0.15) is 0 Å². The molecule has 1 aliphatic rings. The Labute approximate surface area is 154 Å². The van der Waals surface area contributed by atoms with E-state index in [0.29, 0.717) is 0 Å². The summed E-state index contributed by atoms with van der Waals surface area (Å²) in [6.07, 6.45) is 8.38. The summed E-state index contributed by atoms with van der Waals surface area (Å²) in [4.78, 5) is 0. The van der Waals surface area contributed by atoms with Crippen LogP contribution in [0.5, 0.6) is 0 Å². The van der Waals surface area contributed by atoms with Gasteiger partial charge in [0, 0.05) is 0 Å². The molecule has 0 amide bonds. The van der Waals surface area contributed by atoms with Crippen LogP contribution in [0.25, 0.3) is 11.1 Å². The molecule has 2 aromatic carbocycles. The smallest absolute Gasteiger partial charge is 0.0149 e. The first kappa shape index (κ1) is 18.2. The Morgan fingerprint density at radius 3 is 2.08 bits per heavy atom. The highest BCUT2D eigenvalue weighted by Gasteiger charge is 2.17. The Bertz CT molecular complexity index is 713. The van der Waals surface area contributed by atoms with E-state index in [-0.39, 0.29) is 0 Å². The summed E-state index contributed by atoms with van der Waals surface area (Å²) in [5, 5.41) is 0. The Morgan fingerprint density at radius 2 is 1.44 bits per heavy atom. The van der Waals surface area contributed by atoms with E-state index in [1.807, 2.05) is 0 Å². The highest BCUT2D eigenvalue weighted by Crippen LogP contribution is 2.32. The van der Waals surface area contributed by atoms with E-state index in [0.717, 1.165) is 11.8 Å². The highest BCUT2D eigenvalue weighted by atomic mass is 14.2. The van der Waals surface area contributed by atoms with Gasteiger partial charge < -0.3 is 0 Å². The average Bonchev–Trinajstić information content (AvgIpc) is 2.63. The summed E-state index contributed by atoms with van der Waals surface area (Å²) in [5.41, 5.74) is 9.94. The predicted octanol–water partition coefficient (Wildman–Crippen LogP) is 7.35. The molecule has 0 unspecified atom stereocenters. The quantitative estimate of drug-likeness (QED) is 0.548. The van der Waals surface area contributed by atoms with Crippen molar-refractivity contribution in [2.24, 2.45) is 11.8 Å². The van der Waals surface area contributed by atoms with Gasteiger partial charge in [-0.15, -0.1) is 0 Å². The summed E-state index contributed by atoms with van der Waals surface area (Å²) < 4.78 is 0. The van der Waals surface area contributed by atoms with Gasteiger partial charge in [-0.25, -0.2) is 0 Å². The van der Waals surface area contributed by atoms with Gasteiger partial charge in [0.1, 0.15) is 0 Å². The van der Waals surface area contributed by atoms with Crippen molar-refractivity contribution in [1.29, 1.82) is 0 Å². The fourth-order valence-electron chi connectivity index (χ4n) is 4.35. The number of rotatable bonds is 4. The SMILES string of the molecule is Cc1cc(-c2ccc(CCC3CCC(C)CC3)cc2)c(C)c(C)c1C. The molecule has 134 valence electrons. The second-order valence-corrected chi connectivity index (χ2v) is 8.48. The van der Waals surface area contributed by atoms with Crippen LogP contribution < -0.4 is 0 Å². The van der Waals surface area contributed by atoms with Crippen LogP contribution in [0.15, 0.2) is 30.3 Å². The molecule has 0 spiro atoms. The predicted molar refractivity (Wildman–Crippen MR) is 110 cm³/mol. The molecule has 0 atom stereocenters. The van der Waals surface area contributed by atoms with Crippen LogP contribution in [-0.4, -0.2) is 0 Å². The van der Waals surface area contributed by atoms with Crippen molar-refractivity contribution in [3.05, 3.63) is 58.1 Å². The Balaban J connectivity index is 1.68. The third-order valence-electron chi connectivity index (χ3n) is 6.72. The average molecular weight is 335 g/mol. The lowest BCUT2D eigenvalue weighted by Crippen LogP contribution is -2.12. The first-order chi connectivity index (χ1) is 12.0. The first-order valence-electron chi connectivity index (χ1n) is 10.1. The van der Waals surface area contributed by atoms with Crippen LogP contribution in [0, 0.1) is 39.5 Å². The third kappa shape index (κ3) is 4.17. The Morgan fingerprint density at radius 1 is 0.800 bits per heavy atom. The maximum atomic E-state index is 2.41. The number of hydrogen-bond donors (Lipinski definition) is 0. The zero-order chi connectivity index (χ0) is 18.0. The van der Waals surface area contributed by atoms with E-state index < -0.39 is 0 Å². The molecule has 3 rings (SSSR count). The van der Waals surface area contributed by atoms with E-state index >= 15 is 0 Å². The molecule has 2 aromatic rings. The Hall–Kier alpha value is -1.56. The lowest BCUT2D eigenvalue weighted by molar-refractivity contribution is 0.278. The minimum Gasteiger partial charge on any atom is -0.0625 e. The highest BCUT2D eigenvalue weighted by molar-refractivity contribution is 5.70. The lowest BCUT2D eigenvalue weighted by Gasteiger charge is -2.26. The minimum atomic E-state index is 0.959. The molecule has 1 fully saturated rings. The van der Waals surface area contributed by atoms with Crippen molar-refractivity contribution in [2.75, 3.05) is 0 Å². The number of aryl methyl sites for hydroxylation is 2. The second-order valence-electron chi connectivity index (χ2n) is 8.48. The topological polar surface area (TPSA) is 0 Å². The molecular weight excluding hydrogens is 300 g/mol. The molecule has 1 aliphatic carbocycles. The van der Waals surface area contributed by atoms with Crippen molar-refractivity contribution in [3.63, 3.8) is 0 Å². The Kier molecular flexibility index (Phi) is 5.67.